The number of hydrogen-bond acceptors (Lipinski definition) is 5. The van der Waals surface area contributed by atoms with E-state index in [1.807, 2.05) is 69.3 Å². The summed E-state index contributed by atoms with van der Waals surface area (Å²) in [6.45, 7) is 8.15. The van der Waals surface area contributed by atoms with Crippen LogP contribution in [0.15, 0.2) is 59.1 Å². The second-order valence-corrected chi connectivity index (χ2v) is 9.80. The van der Waals surface area contributed by atoms with E-state index in [4.69, 9.17) is 4.74 Å². The monoisotopic (exact) mass is 469 g/mol. The third-order valence-electron chi connectivity index (χ3n) is 5.23. The summed E-state index contributed by atoms with van der Waals surface area (Å²) in [5.41, 5.74) is 3.67. The predicted octanol–water partition coefficient (Wildman–Crippen LogP) is 6.99. The summed E-state index contributed by atoms with van der Waals surface area (Å²) in [5.74, 6) is 1.92. The number of aromatic nitrogens is 1. The van der Waals surface area contributed by atoms with E-state index in [9.17, 15) is 4.21 Å². The van der Waals surface area contributed by atoms with Gasteiger partial charge in [-0.1, -0.05) is 51.1 Å². The fraction of sp³-hybridized carbons (Fsp3) is 0.360. The smallest absolute Gasteiger partial charge is 0.239 e. The third kappa shape index (κ3) is 5.64. The number of fused-ring (bicyclic) bond motifs is 1. The fourth-order valence-corrected chi connectivity index (χ4v) is 5.42. The first-order chi connectivity index (χ1) is 15.5. The van der Waals surface area contributed by atoms with E-state index >= 15 is 0 Å². The molecule has 1 atom stereocenters. The highest BCUT2D eigenvalue weighted by molar-refractivity contribution is 7.86. The molecule has 5 nitrogen and oxygen atoms in total. The maximum absolute atomic E-state index is 12.6. The van der Waals surface area contributed by atoms with Crippen LogP contribution in [0.3, 0.4) is 0 Å². The van der Waals surface area contributed by atoms with Crippen molar-refractivity contribution in [1.82, 2.24) is 4.98 Å². The van der Waals surface area contributed by atoms with Crippen LogP contribution in [0, 0.1) is 5.41 Å². The van der Waals surface area contributed by atoms with E-state index in [2.05, 4.69) is 21.6 Å². The lowest BCUT2D eigenvalue weighted by atomic mass is 10.1. The van der Waals surface area contributed by atoms with Gasteiger partial charge in [0.15, 0.2) is 0 Å². The maximum Gasteiger partial charge on any atom is 0.239 e. The SMILES string of the molecule is C/C=C\C(=NC)c1scnc1Oc1ccc(NS(=O)CC2(C)CC2)c2ccccc12.CC. The number of thiazole rings is 1. The van der Waals surface area contributed by atoms with Crippen molar-refractivity contribution in [2.45, 2.75) is 40.5 Å². The fourth-order valence-electron chi connectivity index (χ4n) is 3.27. The molecule has 1 aromatic heterocycles. The second-order valence-electron chi connectivity index (χ2n) is 7.76. The summed E-state index contributed by atoms with van der Waals surface area (Å²) in [7, 11) is 0.650. The Balaban J connectivity index is 0.00000141. The summed E-state index contributed by atoms with van der Waals surface area (Å²) in [5, 5.41) is 1.91. The lowest BCUT2D eigenvalue weighted by molar-refractivity contribution is 0.471. The Morgan fingerprint density at radius 3 is 2.62 bits per heavy atom. The van der Waals surface area contributed by atoms with E-state index in [-0.39, 0.29) is 5.41 Å². The van der Waals surface area contributed by atoms with E-state index in [0.29, 0.717) is 17.4 Å². The molecule has 0 radical (unpaired) electrons. The molecule has 2 aromatic carbocycles. The zero-order valence-electron chi connectivity index (χ0n) is 19.3. The summed E-state index contributed by atoms with van der Waals surface area (Å²) >= 11 is 1.50. The number of nitrogens with zero attached hydrogens (tertiary/aromatic N) is 2. The molecular formula is C25H31N3O2S2. The van der Waals surface area contributed by atoms with Gasteiger partial charge in [-0.2, -0.15) is 0 Å². The molecule has 170 valence electrons. The molecule has 1 aliphatic rings. The van der Waals surface area contributed by atoms with Crippen LogP contribution in [0.2, 0.25) is 0 Å². The van der Waals surface area contributed by atoms with Crippen LogP contribution in [-0.2, 0) is 11.0 Å². The van der Waals surface area contributed by atoms with Crippen LogP contribution < -0.4 is 9.46 Å². The van der Waals surface area contributed by atoms with Crippen LogP contribution in [0.25, 0.3) is 10.8 Å². The third-order valence-corrected chi connectivity index (χ3v) is 7.47. The van der Waals surface area contributed by atoms with Crippen LogP contribution in [0.4, 0.5) is 5.69 Å². The second kappa shape index (κ2) is 10.9. The van der Waals surface area contributed by atoms with Crippen molar-refractivity contribution in [3.05, 3.63) is 58.9 Å². The molecule has 3 aromatic rings. The van der Waals surface area contributed by atoms with E-state index < -0.39 is 11.0 Å². The van der Waals surface area contributed by atoms with Gasteiger partial charge in [0, 0.05) is 23.6 Å². The van der Waals surface area contributed by atoms with Gasteiger partial charge in [0.1, 0.15) is 21.6 Å². The van der Waals surface area contributed by atoms with Crippen molar-refractivity contribution in [1.29, 1.82) is 0 Å². The molecule has 0 amide bonds. The molecule has 1 aliphatic carbocycles. The Kier molecular flexibility index (Phi) is 8.21. The number of aliphatic imine (C=N–C) groups is 1. The highest BCUT2D eigenvalue weighted by Gasteiger charge is 2.39. The Morgan fingerprint density at radius 2 is 1.97 bits per heavy atom. The zero-order valence-corrected chi connectivity index (χ0v) is 21.0. The van der Waals surface area contributed by atoms with E-state index in [1.54, 1.807) is 12.6 Å². The van der Waals surface area contributed by atoms with Crippen molar-refractivity contribution < 1.29 is 8.95 Å². The molecule has 0 spiro atoms. The first-order valence-corrected chi connectivity index (χ1v) is 13.1. The van der Waals surface area contributed by atoms with Crippen LogP contribution in [-0.4, -0.2) is 27.7 Å². The van der Waals surface area contributed by atoms with Gasteiger partial charge in [0.25, 0.3) is 0 Å². The largest absolute Gasteiger partial charge is 0.437 e. The molecule has 0 bridgehead atoms. The van der Waals surface area contributed by atoms with Gasteiger partial charge in [-0.05, 0) is 43.4 Å². The number of hydrogen-bond donors (Lipinski definition) is 1. The number of benzene rings is 2. The summed E-state index contributed by atoms with van der Waals surface area (Å²) in [6, 6.07) is 11.8. The van der Waals surface area contributed by atoms with Gasteiger partial charge in [-0.15, -0.1) is 11.3 Å². The molecule has 1 saturated carbocycles. The van der Waals surface area contributed by atoms with Crippen LogP contribution >= 0.6 is 11.3 Å². The molecule has 1 unspecified atom stereocenters. The molecule has 0 saturated heterocycles. The molecule has 0 aliphatic heterocycles. The van der Waals surface area contributed by atoms with Gasteiger partial charge in [-0.25, -0.2) is 9.19 Å². The van der Waals surface area contributed by atoms with Crippen LogP contribution in [0.5, 0.6) is 11.6 Å². The number of rotatable bonds is 8. The van der Waals surface area contributed by atoms with Gasteiger partial charge < -0.3 is 9.46 Å². The van der Waals surface area contributed by atoms with Crippen LogP contribution in [0.1, 0.15) is 45.4 Å². The van der Waals surface area contributed by atoms with Crippen molar-refractivity contribution in [2.24, 2.45) is 10.4 Å². The van der Waals surface area contributed by atoms with Gasteiger partial charge in [-0.3, -0.25) is 4.99 Å². The first kappa shape index (κ1) is 24.1. The Morgan fingerprint density at radius 1 is 1.25 bits per heavy atom. The van der Waals surface area contributed by atoms with Gasteiger partial charge in [0.05, 0.1) is 16.9 Å². The van der Waals surface area contributed by atoms with Gasteiger partial charge >= 0.3 is 0 Å². The van der Waals surface area contributed by atoms with Crippen molar-refractivity contribution in [3.8, 4) is 11.6 Å². The maximum atomic E-state index is 12.6. The molecule has 4 rings (SSSR count). The van der Waals surface area contributed by atoms with Gasteiger partial charge in [0.2, 0.25) is 5.88 Å². The zero-order chi connectivity index (χ0) is 23.1. The Hall–Kier alpha value is -2.51. The lowest BCUT2D eigenvalue weighted by Crippen LogP contribution is -2.15. The standard InChI is InChI=1S/C23H25N3O2S2.C2H6/c1-4-7-19(24-3)21-22(25-15-29-21)28-20-11-10-18(16-8-5-6-9-17(16)20)26-30(27)14-23(2)12-13-23;1-2/h4-11,15,26H,12-14H2,1-3H3;1-2H3/b7-4-,24-19?;. The quantitative estimate of drug-likeness (QED) is 0.362. The summed E-state index contributed by atoms with van der Waals surface area (Å²) in [6.07, 6.45) is 6.20. The molecule has 32 heavy (non-hydrogen) atoms. The van der Waals surface area contributed by atoms with E-state index in [0.717, 1.165) is 39.9 Å². The molecular weight excluding hydrogens is 438 g/mol. The van der Waals surface area contributed by atoms with Crippen molar-refractivity contribution in [3.63, 3.8) is 0 Å². The highest BCUT2D eigenvalue weighted by Crippen LogP contribution is 2.45. The molecule has 1 heterocycles. The molecule has 7 heteroatoms. The first-order valence-electron chi connectivity index (χ1n) is 10.9. The lowest BCUT2D eigenvalue weighted by Gasteiger charge is -2.14. The molecule has 1 N–H and O–H groups in total. The Bertz CT molecular complexity index is 1150. The number of nitrogens with one attached hydrogen (secondary N) is 1. The van der Waals surface area contributed by atoms with Crippen molar-refractivity contribution >= 4 is 44.5 Å². The number of allylic oxidation sites excluding steroid dienone is 2. The normalized spacial score (nSPS) is 15.8. The topological polar surface area (TPSA) is 63.6 Å². The summed E-state index contributed by atoms with van der Waals surface area (Å²) in [4.78, 5) is 9.64. The number of ether oxygens (including phenoxy) is 1. The molecule has 1 fully saturated rings. The Labute approximate surface area is 197 Å². The summed E-state index contributed by atoms with van der Waals surface area (Å²) < 4.78 is 22.0. The number of anilines is 1. The minimum atomic E-state index is -1.11. The predicted molar refractivity (Wildman–Crippen MR) is 139 cm³/mol. The minimum Gasteiger partial charge on any atom is -0.437 e. The van der Waals surface area contributed by atoms with Crippen molar-refractivity contribution in [2.75, 3.05) is 17.5 Å². The average Bonchev–Trinajstić information content (AvgIpc) is 3.35. The average molecular weight is 470 g/mol. The van der Waals surface area contributed by atoms with E-state index in [1.165, 1.54) is 11.3 Å². The minimum absolute atomic E-state index is 0.225. The highest BCUT2D eigenvalue weighted by atomic mass is 32.2.